The largest absolute Gasteiger partial charge is 0.312 e. The van der Waals surface area contributed by atoms with Crippen molar-refractivity contribution in [3.8, 4) is 0 Å². The summed E-state index contributed by atoms with van der Waals surface area (Å²) in [4.78, 5) is 0. The molecule has 1 N–H and O–H groups in total. The van der Waals surface area contributed by atoms with Gasteiger partial charge in [0.25, 0.3) is 0 Å². The molecule has 0 aliphatic carbocycles. The van der Waals surface area contributed by atoms with E-state index in [9.17, 15) is 0 Å². The molecule has 0 amide bonds. The van der Waals surface area contributed by atoms with E-state index in [-0.39, 0.29) is 0 Å². The van der Waals surface area contributed by atoms with Gasteiger partial charge in [0.1, 0.15) is 0 Å². The number of benzene rings is 1. The normalized spacial score (nSPS) is 15.7. The van der Waals surface area contributed by atoms with Crippen LogP contribution < -0.4 is 5.32 Å². The smallest absolute Gasteiger partial charge is 0.0208 e. The van der Waals surface area contributed by atoms with E-state index in [2.05, 4.69) is 44.3 Å². The fourth-order valence-corrected chi connectivity index (χ4v) is 2.65. The molecule has 94 valence electrons. The van der Waals surface area contributed by atoms with Crippen molar-refractivity contribution >= 4 is 0 Å². The summed E-state index contributed by atoms with van der Waals surface area (Å²) in [7, 11) is 0. The van der Waals surface area contributed by atoms with Crippen LogP contribution >= 0.6 is 0 Å². The molecular weight excluding hydrogens is 206 g/mol. The van der Waals surface area contributed by atoms with Gasteiger partial charge in [0, 0.05) is 6.54 Å². The minimum absolute atomic E-state index is 0.469. The van der Waals surface area contributed by atoms with Gasteiger partial charge in [-0.25, -0.2) is 0 Å². The van der Waals surface area contributed by atoms with E-state index < -0.39 is 0 Å². The molecule has 2 rings (SSSR count). The predicted octanol–water partition coefficient (Wildman–Crippen LogP) is 3.70. The highest BCUT2D eigenvalue weighted by Crippen LogP contribution is 2.24. The first-order valence-corrected chi connectivity index (χ1v) is 6.87. The van der Waals surface area contributed by atoms with Crippen LogP contribution in [0.25, 0.3) is 0 Å². The van der Waals surface area contributed by atoms with Crippen molar-refractivity contribution in [2.75, 3.05) is 6.54 Å². The van der Waals surface area contributed by atoms with E-state index in [0.29, 0.717) is 5.41 Å². The summed E-state index contributed by atoms with van der Waals surface area (Å²) in [5.41, 5.74) is 5.20. The van der Waals surface area contributed by atoms with Gasteiger partial charge in [0.2, 0.25) is 0 Å². The third-order valence-corrected chi connectivity index (χ3v) is 3.61. The lowest BCUT2D eigenvalue weighted by atomic mass is 9.87. The maximum Gasteiger partial charge on any atom is 0.0208 e. The summed E-state index contributed by atoms with van der Waals surface area (Å²) in [5.74, 6) is 0. The third-order valence-electron chi connectivity index (χ3n) is 3.61. The molecule has 0 fully saturated rings. The minimum atomic E-state index is 0.469. The summed E-state index contributed by atoms with van der Waals surface area (Å²) in [6.45, 7) is 9.19. The van der Waals surface area contributed by atoms with E-state index >= 15 is 0 Å². The van der Waals surface area contributed by atoms with Gasteiger partial charge in [-0.05, 0) is 54.3 Å². The molecule has 17 heavy (non-hydrogen) atoms. The molecular formula is C16H25N. The van der Waals surface area contributed by atoms with Gasteiger partial charge in [-0.15, -0.1) is 0 Å². The molecule has 0 saturated carbocycles. The Bertz CT molecular complexity index is 374. The Morgan fingerprint density at radius 1 is 1.24 bits per heavy atom. The van der Waals surface area contributed by atoms with Crippen LogP contribution in [-0.2, 0) is 19.4 Å². The summed E-state index contributed by atoms with van der Waals surface area (Å²) < 4.78 is 0. The van der Waals surface area contributed by atoms with Gasteiger partial charge in [-0.1, -0.05) is 39.0 Å². The molecule has 1 heteroatoms. The fraction of sp³-hybridized carbons (Fsp3) is 0.625. The van der Waals surface area contributed by atoms with Crippen molar-refractivity contribution in [2.45, 2.75) is 53.0 Å². The van der Waals surface area contributed by atoms with E-state index in [0.717, 1.165) is 13.1 Å². The van der Waals surface area contributed by atoms with E-state index in [1.165, 1.54) is 31.2 Å². The Hall–Kier alpha value is -0.820. The van der Waals surface area contributed by atoms with Crippen molar-refractivity contribution in [1.29, 1.82) is 0 Å². The summed E-state index contributed by atoms with van der Waals surface area (Å²) in [6.07, 6.45) is 5.09. The molecule has 0 saturated heterocycles. The fourth-order valence-electron chi connectivity index (χ4n) is 2.65. The molecule has 0 radical (unpaired) electrons. The second-order valence-electron chi connectivity index (χ2n) is 6.40. The quantitative estimate of drug-likeness (QED) is 0.836. The Morgan fingerprint density at radius 3 is 2.82 bits per heavy atom. The number of rotatable bonds is 3. The second kappa shape index (κ2) is 5.22. The standard InChI is InChI=1S/C16H25N/c1-16(2,3)10-5-8-13-6-4-7-14-12-17-11-9-15(13)14/h4,6-7,17H,5,8-12H2,1-3H3. The summed E-state index contributed by atoms with van der Waals surface area (Å²) in [6, 6.07) is 6.82. The number of aryl methyl sites for hydroxylation is 1. The highest BCUT2D eigenvalue weighted by atomic mass is 14.9. The molecule has 0 atom stereocenters. The average Bonchev–Trinajstić information content (AvgIpc) is 2.28. The van der Waals surface area contributed by atoms with E-state index in [1.54, 1.807) is 11.1 Å². The van der Waals surface area contributed by atoms with Gasteiger partial charge in [-0.2, -0.15) is 0 Å². The molecule has 1 heterocycles. The van der Waals surface area contributed by atoms with Crippen LogP contribution in [0.2, 0.25) is 0 Å². The van der Waals surface area contributed by atoms with Gasteiger partial charge in [0.15, 0.2) is 0 Å². The Morgan fingerprint density at radius 2 is 2.06 bits per heavy atom. The highest BCUT2D eigenvalue weighted by Gasteiger charge is 2.13. The van der Waals surface area contributed by atoms with Crippen molar-refractivity contribution < 1.29 is 0 Å². The zero-order valence-corrected chi connectivity index (χ0v) is 11.5. The molecule has 1 aromatic rings. The van der Waals surface area contributed by atoms with Crippen molar-refractivity contribution in [1.82, 2.24) is 5.32 Å². The van der Waals surface area contributed by atoms with Crippen LogP contribution in [0.5, 0.6) is 0 Å². The van der Waals surface area contributed by atoms with Gasteiger partial charge >= 0.3 is 0 Å². The maximum absolute atomic E-state index is 3.45. The molecule has 1 aliphatic heterocycles. The number of hydrogen-bond donors (Lipinski definition) is 1. The SMILES string of the molecule is CC(C)(C)CCCc1cccc2c1CCNC2. The van der Waals surface area contributed by atoms with Crippen LogP contribution in [0.15, 0.2) is 18.2 Å². The first kappa shape index (κ1) is 12.6. The summed E-state index contributed by atoms with van der Waals surface area (Å²) >= 11 is 0. The monoisotopic (exact) mass is 231 g/mol. The van der Waals surface area contributed by atoms with Crippen molar-refractivity contribution in [2.24, 2.45) is 5.41 Å². The Labute approximate surface area is 106 Å². The van der Waals surface area contributed by atoms with Gasteiger partial charge in [-0.3, -0.25) is 0 Å². The maximum atomic E-state index is 3.45. The molecule has 0 spiro atoms. The van der Waals surface area contributed by atoms with Crippen LogP contribution in [-0.4, -0.2) is 6.54 Å². The van der Waals surface area contributed by atoms with E-state index in [1.807, 2.05) is 0 Å². The number of fused-ring (bicyclic) bond motifs is 1. The van der Waals surface area contributed by atoms with Crippen LogP contribution in [0.1, 0.15) is 50.3 Å². The molecule has 1 nitrogen and oxygen atoms in total. The molecule has 0 aromatic heterocycles. The Balaban J connectivity index is 2.01. The number of nitrogens with one attached hydrogen (secondary N) is 1. The molecule has 1 aliphatic rings. The van der Waals surface area contributed by atoms with Crippen LogP contribution in [0.3, 0.4) is 0 Å². The minimum Gasteiger partial charge on any atom is -0.312 e. The van der Waals surface area contributed by atoms with Crippen LogP contribution in [0.4, 0.5) is 0 Å². The first-order chi connectivity index (χ1) is 8.06. The second-order valence-corrected chi connectivity index (χ2v) is 6.40. The zero-order chi connectivity index (χ0) is 12.3. The number of hydrogen-bond acceptors (Lipinski definition) is 1. The molecule has 0 bridgehead atoms. The molecule has 0 unspecified atom stereocenters. The zero-order valence-electron chi connectivity index (χ0n) is 11.5. The third kappa shape index (κ3) is 3.57. The topological polar surface area (TPSA) is 12.0 Å². The predicted molar refractivity (Wildman–Crippen MR) is 74.2 cm³/mol. The lowest BCUT2D eigenvalue weighted by Gasteiger charge is -2.22. The Kier molecular flexibility index (Phi) is 3.88. The molecule has 1 aromatic carbocycles. The van der Waals surface area contributed by atoms with Crippen molar-refractivity contribution in [3.05, 3.63) is 34.9 Å². The van der Waals surface area contributed by atoms with Gasteiger partial charge < -0.3 is 5.32 Å². The van der Waals surface area contributed by atoms with Gasteiger partial charge in [0.05, 0.1) is 0 Å². The summed E-state index contributed by atoms with van der Waals surface area (Å²) in [5, 5.41) is 3.45. The highest BCUT2D eigenvalue weighted by molar-refractivity contribution is 5.37. The first-order valence-electron chi connectivity index (χ1n) is 6.87. The van der Waals surface area contributed by atoms with E-state index in [4.69, 9.17) is 0 Å². The average molecular weight is 231 g/mol. The van der Waals surface area contributed by atoms with Crippen molar-refractivity contribution in [3.63, 3.8) is 0 Å². The lowest BCUT2D eigenvalue weighted by Crippen LogP contribution is -2.24. The lowest BCUT2D eigenvalue weighted by molar-refractivity contribution is 0.365. The van der Waals surface area contributed by atoms with Crippen LogP contribution in [0, 0.1) is 5.41 Å².